The number of hydrogen-bond acceptors (Lipinski definition) is 1. The number of halogens is 5. The van der Waals surface area contributed by atoms with Gasteiger partial charge in [0.25, 0.3) is 0 Å². The van der Waals surface area contributed by atoms with E-state index >= 15 is 0 Å². The highest BCUT2D eigenvalue weighted by Crippen LogP contribution is 2.37. The molecule has 0 aliphatic heterocycles. The first-order chi connectivity index (χ1) is 11.9. The highest BCUT2D eigenvalue weighted by atomic mass is 127. The summed E-state index contributed by atoms with van der Waals surface area (Å²) in [5.41, 5.74) is 2.15. The maximum absolute atomic E-state index is 13.9. The molecule has 0 spiro atoms. The van der Waals surface area contributed by atoms with Crippen LogP contribution in [0.15, 0.2) is 36.4 Å². The van der Waals surface area contributed by atoms with Gasteiger partial charge in [0, 0.05) is 3.92 Å². The third-order valence-electron chi connectivity index (χ3n) is 4.58. The first-order valence-corrected chi connectivity index (χ1v) is 9.37. The van der Waals surface area contributed by atoms with Gasteiger partial charge in [0.05, 0.1) is 0 Å². The van der Waals surface area contributed by atoms with Gasteiger partial charge in [-0.2, -0.15) is 8.78 Å². The summed E-state index contributed by atoms with van der Waals surface area (Å²) in [6.45, 7) is -3.27. The molecule has 0 aromatic heterocycles. The lowest BCUT2D eigenvalue weighted by Gasteiger charge is -2.25. The van der Waals surface area contributed by atoms with Crippen molar-refractivity contribution in [2.45, 2.75) is 42.1 Å². The van der Waals surface area contributed by atoms with Crippen LogP contribution < -0.4 is 4.74 Å². The lowest BCUT2D eigenvalue weighted by molar-refractivity contribution is -0.0546. The molecule has 0 amide bonds. The minimum atomic E-state index is -3.27. The Balaban J connectivity index is 1.80. The van der Waals surface area contributed by atoms with Crippen LogP contribution in [0.3, 0.4) is 0 Å². The monoisotopic (exact) mass is 464 g/mol. The molecule has 1 saturated carbocycles. The van der Waals surface area contributed by atoms with E-state index in [-0.39, 0.29) is 0 Å². The van der Waals surface area contributed by atoms with Crippen molar-refractivity contribution in [1.82, 2.24) is 0 Å². The van der Waals surface area contributed by atoms with E-state index in [2.05, 4.69) is 27.3 Å². The second-order valence-corrected chi connectivity index (χ2v) is 7.98. The van der Waals surface area contributed by atoms with Gasteiger partial charge in [-0.05, 0) is 60.4 Å². The molecule has 3 rings (SSSR count). The number of hydrogen-bond donors (Lipinski definition) is 0. The van der Waals surface area contributed by atoms with Crippen molar-refractivity contribution in [2.75, 3.05) is 0 Å². The molecule has 0 unspecified atom stereocenters. The second-order valence-electron chi connectivity index (χ2n) is 6.22. The minimum Gasteiger partial charge on any atom is -0.429 e. The van der Waals surface area contributed by atoms with E-state index in [1.807, 2.05) is 24.3 Å². The summed E-state index contributed by atoms with van der Waals surface area (Å²) in [7, 11) is 0. The van der Waals surface area contributed by atoms with Crippen molar-refractivity contribution >= 4 is 22.6 Å². The van der Waals surface area contributed by atoms with Crippen LogP contribution in [0.1, 0.15) is 37.2 Å². The Morgan fingerprint density at radius 3 is 1.96 bits per heavy atom. The Morgan fingerprint density at radius 2 is 1.44 bits per heavy atom. The van der Waals surface area contributed by atoms with Gasteiger partial charge in [-0.15, -0.1) is 0 Å². The molecule has 0 N–H and O–H groups in total. The van der Waals surface area contributed by atoms with Gasteiger partial charge in [-0.3, -0.25) is 0 Å². The number of rotatable bonds is 4. The maximum Gasteiger partial charge on any atom is 0.387 e. The van der Waals surface area contributed by atoms with Crippen LogP contribution in [-0.2, 0) is 0 Å². The van der Waals surface area contributed by atoms with Crippen LogP contribution in [0, 0.1) is 11.6 Å². The number of alkyl halides is 3. The van der Waals surface area contributed by atoms with Crippen LogP contribution in [-0.4, -0.2) is 10.5 Å². The van der Waals surface area contributed by atoms with Crippen molar-refractivity contribution in [3.05, 3.63) is 53.6 Å². The van der Waals surface area contributed by atoms with Gasteiger partial charge in [0.2, 0.25) is 0 Å². The molecule has 1 nitrogen and oxygen atoms in total. The van der Waals surface area contributed by atoms with Gasteiger partial charge in [-0.25, -0.2) is 8.78 Å². The van der Waals surface area contributed by atoms with Gasteiger partial charge in [0.15, 0.2) is 17.4 Å². The summed E-state index contributed by atoms with van der Waals surface area (Å²) in [4.78, 5) is 0. The lowest BCUT2D eigenvalue weighted by atomic mass is 9.83. The van der Waals surface area contributed by atoms with E-state index in [1.165, 1.54) is 18.4 Å². The smallest absolute Gasteiger partial charge is 0.387 e. The number of ether oxygens (including phenoxy) is 1. The molecule has 25 heavy (non-hydrogen) atoms. The molecule has 2 aromatic carbocycles. The summed E-state index contributed by atoms with van der Waals surface area (Å²) in [6, 6.07) is 9.61. The molecule has 6 heteroatoms. The van der Waals surface area contributed by atoms with Gasteiger partial charge < -0.3 is 4.74 Å². The van der Waals surface area contributed by atoms with E-state index in [0.29, 0.717) is 17.0 Å². The molecule has 0 saturated heterocycles. The Morgan fingerprint density at radius 1 is 0.880 bits per heavy atom. The van der Waals surface area contributed by atoms with E-state index < -0.39 is 24.0 Å². The summed E-state index contributed by atoms with van der Waals surface area (Å²) in [6.07, 6.45) is 4.70. The fourth-order valence-electron chi connectivity index (χ4n) is 3.26. The lowest BCUT2D eigenvalue weighted by Crippen LogP contribution is -2.12. The standard InChI is InChI=1S/C19H17F4IO/c20-16-9-14(10-17(21)18(16)25-19(22)23)13-3-1-11(2-4-13)12-5-7-15(24)8-6-12/h1-4,9-10,12,15,19H,5-8H2. The molecule has 0 bridgehead atoms. The first-order valence-electron chi connectivity index (χ1n) is 8.12. The average molecular weight is 464 g/mol. The zero-order valence-electron chi connectivity index (χ0n) is 13.3. The van der Waals surface area contributed by atoms with Crippen molar-refractivity contribution in [2.24, 2.45) is 0 Å². The highest BCUT2D eigenvalue weighted by molar-refractivity contribution is 14.1. The molecular formula is C19H17F4IO. The SMILES string of the molecule is Fc1cc(-c2ccc(C3CCC(I)CC3)cc2)cc(F)c1OC(F)F. The van der Waals surface area contributed by atoms with Crippen LogP contribution in [0.2, 0.25) is 0 Å². The minimum absolute atomic E-state index is 0.291. The zero-order valence-corrected chi connectivity index (χ0v) is 15.5. The molecule has 0 radical (unpaired) electrons. The summed E-state index contributed by atoms with van der Waals surface area (Å²) in [5, 5.41) is 0. The van der Waals surface area contributed by atoms with Crippen molar-refractivity contribution < 1.29 is 22.3 Å². The van der Waals surface area contributed by atoms with Crippen LogP contribution in [0.5, 0.6) is 5.75 Å². The summed E-state index contributed by atoms with van der Waals surface area (Å²) < 4.78 is 56.7. The van der Waals surface area contributed by atoms with Gasteiger partial charge >= 0.3 is 6.61 Å². The third-order valence-corrected chi connectivity index (χ3v) is 5.82. The van der Waals surface area contributed by atoms with Gasteiger partial charge in [-0.1, -0.05) is 46.9 Å². The van der Waals surface area contributed by atoms with Crippen molar-refractivity contribution in [3.8, 4) is 16.9 Å². The predicted molar refractivity (Wildman–Crippen MR) is 97.4 cm³/mol. The van der Waals surface area contributed by atoms with Crippen LogP contribution in [0.4, 0.5) is 17.6 Å². The quantitative estimate of drug-likeness (QED) is 0.278. The molecule has 0 heterocycles. The first kappa shape index (κ1) is 18.5. The molecular weight excluding hydrogens is 447 g/mol. The molecule has 0 atom stereocenters. The second kappa shape index (κ2) is 7.93. The maximum atomic E-state index is 13.9. The Bertz CT molecular complexity index is 702. The van der Waals surface area contributed by atoms with E-state index in [4.69, 9.17) is 0 Å². The zero-order chi connectivity index (χ0) is 18.0. The largest absolute Gasteiger partial charge is 0.429 e. The predicted octanol–water partition coefficient (Wildman–Crippen LogP) is 6.69. The van der Waals surface area contributed by atoms with Crippen LogP contribution >= 0.6 is 22.6 Å². The molecule has 1 fully saturated rings. The summed E-state index contributed by atoms with van der Waals surface area (Å²) >= 11 is 2.49. The van der Waals surface area contributed by atoms with Gasteiger partial charge in [0.1, 0.15) is 0 Å². The molecule has 1 aliphatic carbocycles. The normalized spacial score (nSPS) is 20.7. The van der Waals surface area contributed by atoms with E-state index in [9.17, 15) is 17.6 Å². The van der Waals surface area contributed by atoms with Crippen molar-refractivity contribution in [1.29, 1.82) is 0 Å². The molecule has 134 valence electrons. The van der Waals surface area contributed by atoms with Crippen molar-refractivity contribution in [3.63, 3.8) is 0 Å². The topological polar surface area (TPSA) is 9.23 Å². The Kier molecular flexibility index (Phi) is 5.86. The van der Waals surface area contributed by atoms with E-state index in [1.54, 1.807) is 0 Å². The van der Waals surface area contributed by atoms with E-state index in [0.717, 1.165) is 28.9 Å². The highest BCUT2D eigenvalue weighted by Gasteiger charge is 2.21. The fourth-order valence-corrected chi connectivity index (χ4v) is 3.98. The average Bonchev–Trinajstić information content (AvgIpc) is 2.59. The Hall–Kier alpha value is -1.31. The molecule has 2 aromatic rings. The third kappa shape index (κ3) is 4.46. The van der Waals surface area contributed by atoms with Crippen LogP contribution in [0.25, 0.3) is 11.1 Å². The molecule has 1 aliphatic rings. The fraction of sp³-hybridized carbons (Fsp3) is 0.368. The number of benzene rings is 2. The Labute approximate surface area is 157 Å². The summed E-state index contributed by atoms with van der Waals surface area (Å²) in [5.74, 6) is -2.80.